The van der Waals surface area contributed by atoms with E-state index in [1.807, 2.05) is 0 Å². The fourth-order valence-corrected chi connectivity index (χ4v) is 1.88. The van der Waals surface area contributed by atoms with Crippen LogP contribution in [0.5, 0.6) is 0 Å². The average Bonchev–Trinajstić information content (AvgIpc) is 2.74. The summed E-state index contributed by atoms with van der Waals surface area (Å²) in [6.07, 6.45) is 2.75. The zero-order valence-corrected chi connectivity index (χ0v) is 7.79. The summed E-state index contributed by atoms with van der Waals surface area (Å²) in [6.45, 7) is 3.52. The number of carbonyl (C=O) groups is 1. The second-order valence-electron chi connectivity index (χ2n) is 3.75. The van der Waals surface area contributed by atoms with Crippen LogP contribution in [-0.4, -0.2) is 37.2 Å². The van der Waals surface area contributed by atoms with Gasteiger partial charge in [-0.25, -0.2) is 5.06 Å². The maximum atomic E-state index is 11.6. The molecule has 1 atom stereocenters. The van der Waals surface area contributed by atoms with Gasteiger partial charge in [-0.1, -0.05) is 0 Å². The van der Waals surface area contributed by atoms with Crippen molar-refractivity contribution in [2.45, 2.75) is 19.3 Å². The normalized spacial score (nSPS) is 28.3. The van der Waals surface area contributed by atoms with Gasteiger partial charge in [0.05, 0.1) is 13.2 Å². The highest BCUT2D eigenvalue weighted by Gasteiger charge is 2.24. The molecular weight excluding hydrogens is 168 g/mol. The minimum atomic E-state index is 0.159. The minimum Gasteiger partial charge on any atom is -0.316 e. The summed E-state index contributed by atoms with van der Waals surface area (Å²) in [7, 11) is 0. The Balaban J connectivity index is 1.76. The first-order valence-electron chi connectivity index (χ1n) is 5.00. The Kier molecular flexibility index (Phi) is 2.80. The smallest absolute Gasteiger partial charge is 0.246 e. The molecule has 0 saturated carbocycles. The standard InChI is InChI=1S/C9H16N2O2/c12-9(11-4-1-5-13-11)6-8-2-3-10-7-8/h8,10H,1-7H2. The molecule has 0 aliphatic carbocycles. The van der Waals surface area contributed by atoms with Crippen LogP contribution >= 0.6 is 0 Å². The quantitative estimate of drug-likeness (QED) is 0.664. The van der Waals surface area contributed by atoms with E-state index in [9.17, 15) is 4.79 Å². The summed E-state index contributed by atoms with van der Waals surface area (Å²) in [5, 5.41) is 4.78. The van der Waals surface area contributed by atoms with Crippen molar-refractivity contribution in [2.75, 3.05) is 26.2 Å². The molecule has 0 aromatic carbocycles. The van der Waals surface area contributed by atoms with Gasteiger partial charge < -0.3 is 5.32 Å². The molecule has 0 radical (unpaired) electrons. The summed E-state index contributed by atoms with van der Waals surface area (Å²) in [4.78, 5) is 16.8. The fourth-order valence-electron chi connectivity index (χ4n) is 1.88. The SMILES string of the molecule is O=C(CC1CCNC1)N1CCCO1. The van der Waals surface area contributed by atoms with Crippen LogP contribution in [0.1, 0.15) is 19.3 Å². The van der Waals surface area contributed by atoms with Crippen LogP contribution in [0.2, 0.25) is 0 Å². The zero-order valence-electron chi connectivity index (χ0n) is 7.79. The van der Waals surface area contributed by atoms with Crippen molar-refractivity contribution in [3.63, 3.8) is 0 Å². The van der Waals surface area contributed by atoms with Gasteiger partial charge in [0, 0.05) is 6.42 Å². The van der Waals surface area contributed by atoms with E-state index in [0.717, 1.165) is 32.5 Å². The van der Waals surface area contributed by atoms with Crippen molar-refractivity contribution in [1.29, 1.82) is 0 Å². The first-order chi connectivity index (χ1) is 6.36. The zero-order chi connectivity index (χ0) is 9.10. The molecule has 1 amide bonds. The number of carbonyl (C=O) groups excluding carboxylic acids is 1. The van der Waals surface area contributed by atoms with Crippen LogP contribution < -0.4 is 5.32 Å². The van der Waals surface area contributed by atoms with Crippen LogP contribution in [0.3, 0.4) is 0 Å². The predicted molar refractivity (Wildman–Crippen MR) is 47.9 cm³/mol. The van der Waals surface area contributed by atoms with Crippen LogP contribution in [0.25, 0.3) is 0 Å². The third-order valence-corrected chi connectivity index (χ3v) is 2.66. The van der Waals surface area contributed by atoms with Crippen molar-refractivity contribution in [3.05, 3.63) is 0 Å². The number of nitrogens with one attached hydrogen (secondary N) is 1. The molecule has 2 aliphatic rings. The van der Waals surface area contributed by atoms with E-state index in [-0.39, 0.29) is 5.91 Å². The van der Waals surface area contributed by atoms with E-state index >= 15 is 0 Å². The van der Waals surface area contributed by atoms with Crippen LogP contribution in [0, 0.1) is 5.92 Å². The van der Waals surface area contributed by atoms with Gasteiger partial charge in [-0.3, -0.25) is 9.63 Å². The van der Waals surface area contributed by atoms with E-state index in [2.05, 4.69) is 5.32 Å². The summed E-state index contributed by atoms with van der Waals surface area (Å²) in [5.74, 6) is 0.683. The van der Waals surface area contributed by atoms with E-state index in [4.69, 9.17) is 4.84 Å². The lowest BCUT2D eigenvalue weighted by atomic mass is 10.0. The average molecular weight is 184 g/mol. The lowest BCUT2D eigenvalue weighted by Gasteiger charge is -2.15. The van der Waals surface area contributed by atoms with Crippen LogP contribution in [0.4, 0.5) is 0 Å². The van der Waals surface area contributed by atoms with E-state index in [1.165, 1.54) is 5.06 Å². The monoisotopic (exact) mass is 184 g/mol. The molecule has 0 bridgehead atoms. The number of hydrogen-bond donors (Lipinski definition) is 1. The Labute approximate surface area is 78.2 Å². The van der Waals surface area contributed by atoms with Crippen molar-refractivity contribution >= 4 is 5.91 Å². The van der Waals surface area contributed by atoms with Crippen molar-refractivity contribution < 1.29 is 9.63 Å². The lowest BCUT2D eigenvalue weighted by molar-refractivity contribution is -0.169. The molecule has 0 aromatic rings. The third kappa shape index (κ3) is 2.19. The minimum absolute atomic E-state index is 0.159. The van der Waals surface area contributed by atoms with Crippen molar-refractivity contribution in [1.82, 2.24) is 10.4 Å². The lowest BCUT2D eigenvalue weighted by Crippen LogP contribution is -2.28. The molecule has 2 saturated heterocycles. The number of hydrogen-bond acceptors (Lipinski definition) is 3. The number of nitrogens with zero attached hydrogens (tertiary/aromatic N) is 1. The van der Waals surface area contributed by atoms with Gasteiger partial charge in [-0.2, -0.15) is 0 Å². The third-order valence-electron chi connectivity index (χ3n) is 2.66. The Morgan fingerprint density at radius 3 is 3.15 bits per heavy atom. The van der Waals surface area contributed by atoms with E-state index in [0.29, 0.717) is 18.9 Å². The summed E-state index contributed by atoms with van der Waals surface area (Å²) in [6, 6.07) is 0. The molecule has 4 heteroatoms. The molecule has 0 spiro atoms. The van der Waals surface area contributed by atoms with Gasteiger partial charge in [-0.05, 0) is 31.8 Å². The van der Waals surface area contributed by atoms with Crippen molar-refractivity contribution in [3.8, 4) is 0 Å². The molecule has 13 heavy (non-hydrogen) atoms. The van der Waals surface area contributed by atoms with Crippen LogP contribution in [-0.2, 0) is 9.63 Å². The highest BCUT2D eigenvalue weighted by molar-refractivity contribution is 5.75. The fraction of sp³-hybridized carbons (Fsp3) is 0.889. The number of rotatable bonds is 2. The Morgan fingerprint density at radius 1 is 1.62 bits per heavy atom. The summed E-state index contributed by atoms with van der Waals surface area (Å²) in [5.41, 5.74) is 0. The molecule has 2 fully saturated rings. The molecular formula is C9H16N2O2. The van der Waals surface area contributed by atoms with Crippen LogP contribution in [0.15, 0.2) is 0 Å². The second kappa shape index (κ2) is 4.07. The summed E-state index contributed by atoms with van der Waals surface area (Å²) >= 11 is 0. The topological polar surface area (TPSA) is 41.6 Å². The van der Waals surface area contributed by atoms with Gasteiger partial charge in [0.25, 0.3) is 0 Å². The molecule has 2 heterocycles. The van der Waals surface area contributed by atoms with E-state index in [1.54, 1.807) is 0 Å². The van der Waals surface area contributed by atoms with Gasteiger partial charge in [0.2, 0.25) is 5.91 Å². The summed E-state index contributed by atoms with van der Waals surface area (Å²) < 4.78 is 0. The highest BCUT2D eigenvalue weighted by atomic mass is 16.7. The van der Waals surface area contributed by atoms with Crippen molar-refractivity contribution in [2.24, 2.45) is 5.92 Å². The first-order valence-corrected chi connectivity index (χ1v) is 5.00. The maximum absolute atomic E-state index is 11.6. The Morgan fingerprint density at radius 2 is 2.54 bits per heavy atom. The maximum Gasteiger partial charge on any atom is 0.246 e. The van der Waals surface area contributed by atoms with E-state index < -0.39 is 0 Å². The first kappa shape index (κ1) is 8.97. The number of hydroxylamine groups is 2. The van der Waals surface area contributed by atoms with Gasteiger partial charge in [0.15, 0.2) is 0 Å². The van der Waals surface area contributed by atoms with Gasteiger partial charge in [0.1, 0.15) is 0 Å². The van der Waals surface area contributed by atoms with Gasteiger partial charge >= 0.3 is 0 Å². The predicted octanol–water partition coefficient (Wildman–Crippen LogP) is 0.150. The molecule has 2 rings (SSSR count). The molecule has 0 aromatic heterocycles. The second-order valence-corrected chi connectivity index (χ2v) is 3.75. The Hall–Kier alpha value is -0.610. The molecule has 1 N–H and O–H groups in total. The molecule has 2 aliphatic heterocycles. The highest BCUT2D eigenvalue weighted by Crippen LogP contribution is 2.15. The molecule has 1 unspecified atom stereocenters. The number of amides is 1. The largest absolute Gasteiger partial charge is 0.316 e. The molecule has 74 valence electrons. The molecule has 4 nitrogen and oxygen atoms in total. The van der Waals surface area contributed by atoms with Gasteiger partial charge in [-0.15, -0.1) is 0 Å². The Bertz CT molecular complexity index is 184.